The van der Waals surface area contributed by atoms with Crippen LogP contribution in [-0.4, -0.2) is 298 Å². The van der Waals surface area contributed by atoms with Crippen LogP contribution in [0.15, 0.2) is 64.9 Å². The van der Waals surface area contributed by atoms with Crippen LogP contribution in [-0.2, 0) is 107 Å². The molecule has 0 amide bonds. The molecule has 652 valence electrons. The van der Waals surface area contributed by atoms with Crippen LogP contribution in [0, 0.1) is 6.92 Å². The number of aromatic amines is 2. The number of aliphatic hydroxyl groups excluding tert-OH is 4. The lowest BCUT2D eigenvalue weighted by atomic mass is 10.1. The summed E-state index contributed by atoms with van der Waals surface area (Å²) in [5, 5.41) is 42.0. The SMILES string of the molecule is CC[C@H]1O[C@@H](n2cc(C)c(=O)[nH]c2=O)[C@@H](OCCOC)C1OP(O)(=S)OC.CC[C@H]1O[C@@H](n2cnc3c(N)ncnc32)[C@@H](O)C1OP(=O)(O)OC.CC[C@H]1O[C@@H](n2cnc3c(N)ncnc32)[C@@H](O)C1OP(O)(=S)OC.COC[C@H]1O[C@@H](n2cnc3c(=O)[nH]c(N)nc32)[C@@H](O)C1OC.COC[C@H]1O[C@@H](n2cnc3c(N)ncnc32)[C@@H](O)C1OC. The molecule has 17 N–H and O–H groups in total. The quantitative estimate of drug-likeness (QED) is 0.0215. The second-order valence-corrected chi connectivity index (χ2v) is 33.6. The van der Waals surface area contributed by atoms with Crippen molar-refractivity contribution in [1.82, 2.24) is 87.6 Å². The van der Waals surface area contributed by atoms with E-state index in [4.69, 9.17) is 121 Å². The number of nitrogens with two attached hydrogens (primary N) is 4. The molecule has 5 aliphatic rings. The molecular weight excluding hydrogens is 1670 g/mol. The van der Waals surface area contributed by atoms with Crippen molar-refractivity contribution in [1.29, 1.82) is 0 Å². The van der Waals surface area contributed by atoms with Gasteiger partial charge in [-0.15, -0.1) is 0 Å². The Balaban J connectivity index is 0.000000156. The first-order valence-electron chi connectivity index (χ1n) is 35.9. The van der Waals surface area contributed by atoms with Crippen molar-refractivity contribution in [3.8, 4) is 0 Å². The van der Waals surface area contributed by atoms with Gasteiger partial charge in [0, 0.05) is 68.6 Å². The molecule has 55 heteroatoms. The molecule has 50 nitrogen and oxygen atoms in total. The van der Waals surface area contributed by atoms with Crippen molar-refractivity contribution in [3.63, 3.8) is 0 Å². The molecular formula is C63H95N22O28P3S2. The van der Waals surface area contributed by atoms with Crippen molar-refractivity contribution in [2.75, 3.05) is 106 Å². The highest BCUT2D eigenvalue weighted by molar-refractivity contribution is 8.07. The van der Waals surface area contributed by atoms with Gasteiger partial charge in [0.25, 0.3) is 11.1 Å². The third kappa shape index (κ3) is 20.4. The largest absolute Gasteiger partial charge is 0.472 e. The van der Waals surface area contributed by atoms with Crippen LogP contribution in [0.5, 0.6) is 0 Å². The summed E-state index contributed by atoms with van der Waals surface area (Å²) in [6, 6.07) is 0. The van der Waals surface area contributed by atoms with E-state index < -0.39 is 155 Å². The number of nitrogen functional groups attached to an aromatic ring is 4. The van der Waals surface area contributed by atoms with E-state index in [9.17, 15) is 54.1 Å². The van der Waals surface area contributed by atoms with Crippen molar-refractivity contribution < 1.29 is 119 Å². The number of hydrogen-bond acceptors (Lipinski definition) is 42. The van der Waals surface area contributed by atoms with E-state index in [2.05, 4.69) is 69.3 Å². The summed E-state index contributed by atoms with van der Waals surface area (Å²) in [6.07, 6.45) is -2.59. The van der Waals surface area contributed by atoms with Crippen molar-refractivity contribution in [2.45, 2.75) is 170 Å². The van der Waals surface area contributed by atoms with Crippen LogP contribution in [0.3, 0.4) is 0 Å². The fourth-order valence-corrected chi connectivity index (χ4v) is 15.9. The summed E-state index contributed by atoms with van der Waals surface area (Å²) in [7, 11) is 6.91. The minimum absolute atomic E-state index is 0.0385. The molecule has 14 heterocycles. The number of hydrogen-bond donors (Lipinski definition) is 13. The molecule has 0 spiro atoms. The van der Waals surface area contributed by atoms with Crippen LogP contribution in [0.4, 0.5) is 23.4 Å². The number of nitrogens with zero attached hydrogens (tertiary/aromatic N) is 16. The topological polar surface area (TPSA) is 669 Å². The number of anilines is 4. The summed E-state index contributed by atoms with van der Waals surface area (Å²) < 4.78 is 110. The molecule has 0 aromatic carbocycles. The number of phosphoric acid groups is 1. The normalized spacial score (nSPS) is 29.0. The monoisotopic (exact) mass is 1760 g/mol. The van der Waals surface area contributed by atoms with Gasteiger partial charge in [0.15, 0.2) is 76.7 Å². The van der Waals surface area contributed by atoms with E-state index in [1.165, 1.54) is 107 Å². The van der Waals surface area contributed by atoms with Gasteiger partial charge in [-0.3, -0.25) is 60.5 Å². The van der Waals surface area contributed by atoms with Gasteiger partial charge in [-0.2, -0.15) is 4.98 Å². The highest BCUT2D eigenvalue weighted by atomic mass is 32.5. The highest BCUT2D eigenvalue weighted by Crippen LogP contribution is 2.52. The Morgan fingerprint density at radius 1 is 0.449 bits per heavy atom. The van der Waals surface area contributed by atoms with Gasteiger partial charge in [-0.25, -0.2) is 59.2 Å². The number of nitrogens with one attached hydrogen (secondary N) is 2. The second kappa shape index (κ2) is 40.4. The zero-order valence-corrected chi connectivity index (χ0v) is 69.8. The molecule has 5 fully saturated rings. The fourth-order valence-electron chi connectivity index (χ4n) is 13.4. The Kier molecular flexibility index (Phi) is 31.8. The highest BCUT2D eigenvalue weighted by Gasteiger charge is 2.53. The lowest BCUT2D eigenvalue weighted by Gasteiger charge is -2.27. The Labute approximate surface area is 679 Å². The first kappa shape index (κ1) is 92.7. The van der Waals surface area contributed by atoms with E-state index in [0.717, 1.165) is 7.11 Å². The van der Waals surface area contributed by atoms with E-state index >= 15 is 0 Å². The maximum atomic E-state index is 12.3. The van der Waals surface area contributed by atoms with Crippen molar-refractivity contribution >= 4 is 113 Å². The lowest BCUT2D eigenvalue weighted by Crippen LogP contribution is -2.41. The molecule has 5 saturated heterocycles. The number of ether oxygens (including phenoxy) is 11. The Hall–Kier alpha value is -7.55. The van der Waals surface area contributed by atoms with Gasteiger partial charge >= 0.3 is 26.9 Å². The smallest absolute Gasteiger partial charge is 0.386 e. The summed E-state index contributed by atoms with van der Waals surface area (Å²) in [5.74, 6) is 0.674. The Bertz CT molecular complexity index is 5060. The van der Waals surface area contributed by atoms with E-state index in [0.29, 0.717) is 71.5 Å². The van der Waals surface area contributed by atoms with E-state index in [1.807, 2.05) is 13.8 Å². The lowest BCUT2D eigenvalue weighted by molar-refractivity contribution is -0.0786. The van der Waals surface area contributed by atoms with Crippen LogP contribution >= 0.6 is 21.3 Å². The molecule has 23 atom stereocenters. The molecule has 5 aliphatic heterocycles. The van der Waals surface area contributed by atoms with Gasteiger partial charge in [-0.05, 0) is 49.8 Å². The Morgan fingerprint density at radius 3 is 1.23 bits per heavy atom. The molecule has 0 radical (unpaired) electrons. The number of aromatic nitrogens is 18. The first-order valence-corrected chi connectivity index (χ1v) is 42.6. The van der Waals surface area contributed by atoms with Crippen molar-refractivity contribution in [2.24, 2.45) is 0 Å². The van der Waals surface area contributed by atoms with Crippen LogP contribution in [0.25, 0.3) is 44.7 Å². The number of fused-ring (bicyclic) bond motifs is 4. The number of aliphatic hydroxyl groups is 4. The minimum atomic E-state index is -4.28. The van der Waals surface area contributed by atoms with Crippen LogP contribution < -0.4 is 39.7 Å². The van der Waals surface area contributed by atoms with Crippen molar-refractivity contribution in [3.05, 3.63) is 87.2 Å². The van der Waals surface area contributed by atoms with Gasteiger partial charge in [0.1, 0.15) is 109 Å². The number of imidazole rings is 4. The summed E-state index contributed by atoms with van der Waals surface area (Å²) in [6.45, 7) is 1.26. The predicted molar refractivity (Wildman–Crippen MR) is 418 cm³/mol. The standard InChI is InChI=1S/C15H25N2O8PS.C12H18N5O6P.C12H18N5O5PS.C12H17N5O5.C12H17N5O4/c1-5-10-11(25-26(20,27)22-4)12(23-7-6-21-3)14(24-10)17-8-9(2)13(18)16-15(17)19;1-3-6-9(23-24(19,20)21-2)8(18)12(22-6)17-5-16-7-10(13)14-4-15-11(7)17;1-3-6-9(22-23(19,24)20-2)8(18)12(21-6)17-5-16-7-10(13)14-4-15-11(7)17;1-20-3-5-8(21-2)7(18)11(22-5)17-4-14-6-9(17)15-12(13)16-10(6)19;1-19-3-6-9(20-2)8(18)12(21-6)17-5-16-7-10(13)14-4-15-11(7)17/h8,10-12,14H,5-7H2,1-4H3,(H,20,27)(H,16,18,19);4-6,8-9,12,18H,3H2,1-2H3,(H,19,20)(H2,13,14,15);4-6,8-9,12,18H,3H2,1-2H3,(H,19,24)(H2,13,14,15);4-5,7-8,11,18H,3H2,1-2H3,(H3,13,15,16,19);4-6,8-9,12,18H,3H2,1-2H3,(H2,13,14,15)/t10-,11?,12+,14-,26?;6-,8+,9?,12-;6-,8+,9?,12-,23?;5-,7+,8?,11-;6-,8+,9?,12-/m11111/s1. The average molecular weight is 1770 g/mol. The summed E-state index contributed by atoms with van der Waals surface area (Å²) >= 11 is 9.83. The van der Waals surface area contributed by atoms with E-state index in [-0.39, 0.29) is 53.9 Å². The molecule has 9 aromatic rings. The predicted octanol–water partition coefficient (Wildman–Crippen LogP) is -1.08. The third-order valence-electron chi connectivity index (χ3n) is 19.1. The van der Waals surface area contributed by atoms with Gasteiger partial charge < -0.3 is 119 Å². The molecule has 0 saturated carbocycles. The third-order valence-corrected chi connectivity index (χ3v) is 23.4. The maximum absolute atomic E-state index is 12.3. The molecule has 8 unspecified atom stereocenters. The number of aryl methyl sites for hydroxylation is 1. The molecule has 0 aliphatic carbocycles. The zero-order chi connectivity index (χ0) is 86.0. The summed E-state index contributed by atoms with van der Waals surface area (Å²) in [5.41, 5.74) is 24.5. The van der Waals surface area contributed by atoms with Gasteiger partial charge in [-0.1, -0.05) is 20.8 Å². The second-order valence-electron chi connectivity index (χ2n) is 26.3. The minimum Gasteiger partial charge on any atom is -0.386 e. The van der Waals surface area contributed by atoms with Gasteiger partial charge in [0.2, 0.25) is 5.95 Å². The maximum Gasteiger partial charge on any atom is 0.472 e. The molecule has 0 bridgehead atoms. The Morgan fingerprint density at radius 2 is 0.831 bits per heavy atom. The number of methoxy groups -OCH3 is 5. The zero-order valence-electron chi connectivity index (χ0n) is 65.4. The molecule has 14 rings (SSSR count). The van der Waals surface area contributed by atoms with E-state index in [1.54, 1.807) is 30.1 Å². The van der Waals surface area contributed by atoms with Gasteiger partial charge in [0.05, 0.1) is 70.0 Å². The average Bonchev–Trinajstić information content (AvgIpc) is 1.64. The number of phosphoric ester groups is 1. The number of rotatable bonds is 27. The molecule has 118 heavy (non-hydrogen) atoms. The number of H-pyrrole nitrogens is 2. The van der Waals surface area contributed by atoms with Crippen LogP contribution in [0.1, 0.15) is 76.7 Å². The molecule has 9 aromatic heterocycles. The summed E-state index contributed by atoms with van der Waals surface area (Å²) in [4.78, 5) is 114. The fraction of sp³-hybridized carbons (Fsp3) is 0.619. The van der Waals surface area contributed by atoms with Crippen LogP contribution in [0.2, 0.25) is 0 Å². The first-order chi connectivity index (χ1) is 56.2.